The lowest BCUT2D eigenvalue weighted by Crippen LogP contribution is -2.15. The fraction of sp³-hybridized carbons (Fsp3) is 0.889. The average molecular weight is 314 g/mol. The smallest absolute Gasteiger partial charge is 0.0590 e. The summed E-state index contributed by atoms with van der Waals surface area (Å²) in [5, 5.41) is 9.72. The van der Waals surface area contributed by atoms with Gasteiger partial charge in [-0.1, -0.05) is 25.8 Å². The van der Waals surface area contributed by atoms with Crippen molar-refractivity contribution < 1.29 is 4.74 Å². The number of unbranched alkanes of at least 4 members (excludes halogenated alkanes) is 6. The molecule has 0 radical (unpaired) electrons. The highest BCUT2D eigenvalue weighted by molar-refractivity contribution is 4.90. The summed E-state index contributed by atoms with van der Waals surface area (Å²) in [5.74, 6) is 0. The van der Waals surface area contributed by atoms with Gasteiger partial charge in [-0.05, 0) is 59.2 Å². The van der Waals surface area contributed by atoms with Crippen LogP contribution in [0.15, 0.2) is 12.3 Å². The van der Waals surface area contributed by atoms with Crippen molar-refractivity contribution in [1.29, 1.82) is 0 Å². The predicted octanol–water partition coefficient (Wildman–Crippen LogP) is 3.06. The Bertz CT molecular complexity index is 234. The molecule has 0 aromatic rings. The minimum absolute atomic E-state index is 0.820. The number of ether oxygens (including phenoxy) is 1. The van der Waals surface area contributed by atoms with Crippen LogP contribution in [0.3, 0.4) is 0 Å². The molecule has 4 heteroatoms. The van der Waals surface area contributed by atoms with E-state index in [4.69, 9.17) is 4.74 Å². The first kappa shape index (κ1) is 21.4. The Hall–Kier alpha value is -0.580. The fourth-order valence-electron chi connectivity index (χ4n) is 2.31. The van der Waals surface area contributed by atoms with Crippen LogP contribution >= 0.6 is 0 Å². The molecule has 3 N–H and O–H groups in total. The molecule has 132 valence electrons. The van der Waals surface area contributed by atoms with Gasteiger partial charge in [-0.25, -0.2) is 0 Å². The van der Waals surface area contributed by atoms with E-state index in [0.717, 1.165) is 45.7 Å². The van der Waals surface area contributed by atoms with E-state index >= 15 is 0 Å². The van der Waals surface area contributed by atoms with Gasteiger partial charge in [0.05, 0.1) is 6.61 Å². The van der Waals surface area contributed by atoms with Crippen LogP contribution in [0.2, 0.25) is 0 Å². The lowest BCUT2D eigenvalue weighted by molar-refractivity contribution is 0.133. The minimum Gasteiger partial charge on any atom is -0.389 e. The Morgan fingerprint density at radius 2 is 1.36 bits per heavy atom. The van der Waals surface area contributed by atoms with Crippen molar-refractivity contribution in [3.8, 4) is 0 Å². The highest BCUT2D eigenvalue weighted by atomic mass is 16.5. The highest BCUT2D eigenvalue weighted by Crippen LogP contribution is 2.08. The third-order valence-electron chi connectivity index (χ3n) is 3.74. The molecule has 0 aliphatic heterocycles. The van der Waals surface area contributed by atoms with Crippen molar-refractivity contribution >= 4 is 0 Å². The molecule has 0 heterocycles. The molecule has 0 fully saturated rings. The molecule has 0 bridgehead atoms. The van der Waals surface area contributed by atoms with Gasteiger partial charge in [0.25, 0.3) is 0 Å². The van der Waals surface area contributed by atoms with Crippen LogP contribution in [0.4, 0.5) is 0 Å². The molecule has 0 aromatic carbocycles. The molecule has 4 nitrogen and oxygen atoms in total. The first-order chi connectivity index (χ1) is 10.8. The molecular formula is C18H39N3O. The Kier molecular flexibility index (Phi) is 18.0. The van der Waals surface area contributed by atoms with E-state index in [-0.39, 0.29) is 0 Å². The normalized spacial score (nSPS) is 10.8. The molecule has 0 rings (SSSR count). The Morgan fingerprint density at radius 3 is 2.14 bits per heavy atom. The molecule has 0 saturated heterocycles. The molecule has 0 amide bonds. The third kappa shape index (κ3) is 17.5. The average Bonchev–Trinajstić information content (AvgIpc) is 2.52. The van der Waals surface area contributed by atoms with E-state index in [0.29, 0.717) is 0 Å². The van der Waals surface area contributed by atoms with Crippen LogP contribution in [0.5, 0.6) is 0 Å². The molecule has 0 aliphatic carbocycles. The second-order valence-electron chi connectivity index (χ2n) is 5.93. The van der Waals surface area contributed by atoms with Crippen LogP contribution < -0.4 is 16.0 Å². The number of allylic oxidation sites excluding steroid dienone is 1. The predicted molar refractivity (Wildman–Crippen MR) is 97.4 cm³/mol. The van der Waals surface area contributed by atoms with Gasteiger partial charge in [0, 0.05) is 25.4 Å². The topological polar surface area (TPSA) is 45.3 Å². The summed E-state index contributed by atoms with van der Waals surface area (Å²) in [7, 11) is 3.97. The van der Waals surface area contributed by atoms with Gasteiger partial charge in [-0.15, -0.1) is 0 Å². The van der Waals surface area contributed by atoms with Crippen molar-refractivity contribution in [2.75, 3.05) is 46.9 Å². The van der Waals surface area contributed by atoms with Crippen LogP contribution in [0, 0.1) is 0 Å². The van der Waals surface area contributed by atoms with Gasteiger partial charge in [-0.3, -0.25) is 0 Å². The molecule has 0 unspecified atom stereocenters. The second kappa shape index (κ2) is 18.5. The van der Waals surface area contributed by atoms with E-state index in [1.807, 2.05) is 14.1 Å². The number of nitrogens with one attached hydrogen (secondary N) is 3. The van der Waals surface area contributed by atoms with Gasteiger partial charge in [0.1, 0.15) is 0 Å². The standard InChI is InChI=1S/C18H39N3O/c1-18(12-8-5-4-6-9-13-19-2)21-14-10-7-11-16-22-17-15-20-3/h19-21H,1,4-17H2,2-3H3. The van der Waals surface area contributed by atoms with Crippen molar-refractivity contribution in [2.24, 2.45) is 0 Å². The van der Waals surface area contributed by atoms with E-state index < -0.39 is 0 Å². The zero-order valence-corrected chi connectivity index (χ0v) is 15.0. The lowest BCUT2D eigenvalue weighted by atomic mass is 10.1. The first-order valence-corrected chi connectivity index (χ1v) is 9.10. The quantitative estimate of drug-likeness (QED) is 0.340. The fourth-order valence-corrected chi connectivity index (χ4v) is 2.31. The van der Waals surface area contributed by atoms with Gasteiger partial charge in [-0.2, -0.15) is 0 Å². The van der Waals surface area contributed by atoms with Gasteiger partial charge >= 0.3 is 0 Å². The molecule has 22 heavy (non-hydrogen) atoms. The lowest BCUT2D eigenvalue weighted by Gasteiger charge is -2.09. The molecule has 0 aromatic heterocycles. The largest absolute Gasteiger partial charge is 0.389 e. The van der Waals surface area contributed by atoms with Gasteiger partial charge in [0.15, 0.2) is 0 Å². The van der Waals surface area contributed by atoms with Crippen LogP contribution in [-0.4, -0.2) is 46.9 Å². The summed E-state index contributed by atoms with van der Waals surface area (Å²) < 4.78 is 5.50. The van der Waals surface area contributed by atoms with Gasteiger partial charge < -0.3 is 20.7 Å². The van der Waals surface area contributed by atoms with E-state index in [9.17, 15) is 0 Å². The zero-order chi connectivity index (χ0) is 16.3. The minimum atomic E-state index is 0.820. The maximum absolute atomic E-state index is 5.50. The van der Waals surface area contributed by atoms with Crippen LogP contribution in [0.25, 0.3) is 0 Å². The maximum Gasteiger partial charge on any atom is 0.0590 e. The first-order valence-electron chi connectivity index (χ1n) is 9.10. The summed E-state index contributed by atoms with van der Waals surface area (Å²) in [6, 6.07) is 0. The Labute approximate surface area is 138 Å². The van der Waals surface area contributed by atoms with Crippen molar-refractivity contribution in [1.82, 2.24) is 16.0 Å². The summed E-state index contributed by atoms with van der Waals surface area (Å²) >= 11 is 0. The SMILES string of the molecule is C=C(CCCCCCCNC)NCCCCCOCCNC. The van der Waals surface area contributed by atoms with Crippen LogP contribution in [-0.2, 0) is 4.74 Å². The number of rotatable bonds is 18. The Balaban J connectivity index is 3.13. The monoisotopic (exact) mass is 313 g/mol. The number of hydrogen-bond donors (Lipinski definition) is 3. The summed E-state index contributed by atoms with van der Waals surface area (Å²) in [6.45, 7) is 8.96. The second-order valence-corrected chi connectivity index (χ2v) is 5.93. The molecule has 0 aliphatic rings. The molecule has 0 atom stereocenters. The summed E-state index contributed by atoms with van der Waals surface area (Å²) in [4.78, 5) is 0. The Morgan fingerprint density at radius 1 is 0.727 bits per heavy atom. The van der Waals surface area contributed by atoms with Crippen molar-refractivity contribution in [2.45, 2.75) is 57.8 Å². The third-order valence-corrected chi connectivity index (χ3v) is 3.74. The van der Waals surface area contributed by atoms with Crippen LogP contribution in [0.1, 0.15) is 57.8 Å². The van der Waals surface area contributed by atoms with Crippen molar-refractivity contribution in [3.63, 3.8) is 0 Å². The van der Waals surface area contributed by atoms with Gasteiger partial charge in [0.2, 0.25) is 0 Å². The number of likely N-dealkylation sites (N-methyl/N-ethyl adjacent to an activating group) is 1. The number of hydrogen-bond acceptors (Lipinski definition) is 4. The summed E-state index contributed by atoms with van der Waals surface area (Å²) in [6.07, 6.45) is 11.3. The zero-order valence-electron chi connectivity index (χ0n) is 15.0. The van der Waals surface area contributed by atoms with E-state index in [2.05, 4.69) is 22.5 Å². The highest BCUT2D eigenvalue weighted by Gasteiger charge is 1.96. The summed E-state index contributed by atoms with van der Waals surface area (Å²) in [5.41, 5.74) is 1.21. The molecule has 0 spiro atoms. The van der Waals surface area contributed by atoms with E-state index in [1.54, 1.807) is 0 Å². The molecule has 0 saturated carbocycles. The molecular weight excluding hydrogens is 274 g/mol. The maximum atomic E-state index is 5.50. The van der Waals surface area contributed by atoms with Crippen molar-refractivity contribution in [3.05, 3.63) is 12.3 Å². The van der Waals surface area contributed by atoms with E-state index in [1.165, 1.54) is 50.6 Å².